The number of ether oxygens (including phenoxy) is 3. The van der Waals surface area contributed by atoms with Crippen LogP contribution < -0.4 is 0 Å². The van der Waals surface area contributed by atoms with E-state index in [1.54, 1.807) is 0 Å². The number of unbranched alkanes of at least 4 members (excludes halogenated alkanes) is 32. The highest BCUT2D eigenvalue weighted by atomic mass is 16.6. The van der Waals surface area contributed by atoms with Gasteiger partial charge in [0.1, 0.15) is 13.2 Å². The van der Waals surface area contributed by atoms with Crippen LogP contribution in [0.15, 0.2) is 0 Å². The van der Waals surface area contributed by atoms with Gasteiger partial charge in [-0.05, 0) is 31.1 Å². The molecule has 0 aromatic heterocycles. The summed E-state index contributed by atoms with van der Waals surface area (Å²) in [4.78, 5) is 37.9. The predicted molar refractivity (Wildman–Crippen MR) is 252 cm³/mol. The van der Waals surface area contributed by atoms with Gasteiger partial charge in [0.2, 0.25) is 0 Å². The van der Waals surface area contributed by atoms with Crippen LogP contribution in [0, 0.1) is 11.8 Å². The molecule has 0 rings (SSSR count). The lowest BCUT2D eigenvalue weighted by Crippen LogP contribution is -2.30. The molecular formula is C53H102O6. The van der Waals surface area contributed by atoms with E-state index in [4.69, 9.17) is 14.2 Å². The molecule has 0 aromatic rings. The molecule has 6 nitrogen and oxygen atoms in total. The number of esters is 3. The summed E-state index contributed by atoms with van der Waals surface area (Å²) in [6.07, 6.45) is 46.7. The van der Waals surface area contributed by atoms with Gasteiger partial charge in [-0.3, -0.25) is 14.4 Å². The Bertz CT molecular complexity index is 900. The molecule has 0 aliphatic rings. The molecule has 0 radical (unpaired) electrons. The Balaban J connectivity index is 4.26. The molecule has 0 saturated carbocycles. The van der Waals surface area contributed by atoms with Crippen molar-refractivity contribution in [2.45, 2.75) is 298 Å². The third kappa shape index (κ3) is 47.3. The Morgan fingerprint density at radius 2 is 0.559 bits per heavy atom. The van der Waals surface area contributed by atoms with Crippen molar-refractivity contribution in [2.24, 2.45) is 11.8 Å². The molecule has 0 unspecified atom stereocenters. The van der Waals surface area contributed by atoms with Crippen LogP contribution in [-0.4, -0.2) is 37.2 Å². The fourth-order valence-electron chi connectivity index (χ4n) is 7.99. The van der Waals surface area contributed by atoms with Gasteiger partial charge in [0.05, 0.1) is 0 Å². The maximum absolute atomic E-state index is 12.7. The van der Waals surface area contributed by atoms with Crippen molar-refractivity contribution in [2.75, 3.05) is 13.2 Å². The summed E-state index contributed by atoms with van der Waals surface area (Å²) in [5.41, 5.74) is 0. The van der Waals surface area contributed by atoms with Crippen LogP contribution in [0.2, 0.25) is 0 Å². The summed E-state index contributed by atoms with van der Waals surface area (Å²) in [5, 5.41) is 0. The average molecular weight is 835 g/mol. The highest BCUT2D eigenvalue weighted by Gasteiger charge is 2.19. The third-order valence-electron chi connectivity index (χ3n) is 12.0. The van der Waals surface area contributed by atoms with Gasteiger partial charge in [0, 0.05) is 19.3 Å². The number of carbonyl (C=O) groups is 3. The summed E-state index contributed by atoms with van der Waals surface area (Å²) >= 11 is 0. The second-order valence-electron chi connectivity index (χ2n) is 19.1. The van der Waals surface area contributed by atoms with Gasteiger partial charge in [-0.2, -0.15) is 0 Å². The van der Waals surface area contributed by atoms with E-state index in [-0.39, 0.29) is 31.1 Å². The van der Waals surface area contributed by atoms with Crippen LogP contribution in [0.3, 0.4) is 0 Å². The number of carbonyl (C=O) groups excluding carboxylic acids is 3. The molecule has 0 aliphatic heterocycles. The SMILES string of the molecule is CCCCCCCCCCCCCCCCCC(=O)OC[C@H](COC(=O)CCCCCCCCCCCCCCCC(C)C)OC(=O)CCCCCCCCCC(C)C. The van der Waals surface area contributed by atoms with Crippen molar-refractivity contribution in [3.63, 3.8) is 0 Å². The lowest BCUT2D eigenvalue weighted by Gasteiger charge is -2.18. The fraction of sp³-hybridized carbons (Fsp3) is 0.943. The van der Waals surface area contributed by atoms with E-state index in [0.717, 1.165) is 69.6 Å². The molecule has 0 spiro atoms. The number of rotatable bonds is 47. The molecule has 0 aromatic carbocycles. The molecule has 0 saturated heterocycles. The lowest BCUT2D eigenvalue weighted by molar-refractivity contribution is -0.167. The molecule has 0 aliphatic carbocycles. The third-order valence-corrected chi connectivity index (χ3v) is 12.0. The van der Waals surface area contributed by atoms with Crippen molar-refractivity contribution in [1.82, 2.24) is 0 Å². The fourth-order valence-corrected chi connectivity index (χ4v) is 7.99. The molecular weight excluding hydrogens is 733 g/mol. The van der Waals surface area contributed by atoms with Crippen LogP contribution in [0.1, 0.15) is 291 Å². The lowest BCUT2D eigenvalue weighted by atomic mass is 10.0. The first-order valence-corrected chi connectivity index (χ1v) is 26.2. The molecule has 6 heteroatoms. The zero-order chi connectivity index (χ0) is 43.3. The molecule has 0 heterocycles. The maximum Gasteiger partial charge on any atom is 0.306 e. The van der Waals surface area contributed by atoms with Crippen molar-refractivity contribution >= 4 is 17.9 Å². The molecule has 350 valence electrons. The summed E-state index contributed by atoms with van der Waals surface area (Å²) < 4.78 is 16.8. The Labute approximate surface area is 368 Å². The molecule has 0 N–H and O–H groups in total. The van der Waals surface area contributed by atoms with Crippen molar-refractivity contribution in [3.05, 3.63) is 0 Å². The summed E-state index contributed by atoms with van der Waals surface area (Å²) in [5.74, 6) is 0.768. The average Bonchev–Trinajstić information content (AvgIpc) is 3.20. The van der Waals surface area contributed by atoms with Crippen LogP contribution in [-0.2, 0) is 28.6 Å². The minimum atomic E-state index is -0.762. The highest BCUT2D eigenvalue weighted by Crippen LogP contribution is 2.17. The first-order valence-electron chi connectivity index (χ1n) is 26.2. The Kier molecular flexibility index (Phi) is 44.7. The van der Waals surface area contributed by atoms with Crippen LogP contribution in [0.5, 0.6) is 0 Å². The van der Waals surface area contributed by atoms with Crippen molar-refractivity contribution in [1.29, 1.82) is 0 Å². The molecule has 59 heavy (non-hydrogen) atoms. The van der Waals surface area contributed by atoms with E-state index in [1.807, 2.05) is 0 Å². The van der Waals surface area contributed by atoms with Gasteiger partial charge in [0.15, 0.2) is 6.10 Å². The monoisotopic (exact) mass is 835 g/mol. The summed E-state index contributed by atoms with van der Waals surface area (Å²) in [6.45, 7) is 11.3. The minimum absolute atomic E-state index is 0.0642. The zero-order valence-corrected chi connectivity index (χ0v) is 40.4. The van der Waals surface area contributed by atoms with E-state index >= 15 is 0 Å². The van der Waals surface area contributed by atoms with E-state index in [0.29, 0.717) is 19.3 Å². The van der Waals surface area contributed by atoms with Crippen LogP contribution in [0.25, 0.3) is 0 Å². The van der Waals surface area contributed by atoms with Crippen molar-refractivity contribution in [3.8, 4) is 0 Å². The van der Waals surface area contributed by atoms with Gasteiger partial charge in [-0.1, -0.05) is 253 Å². The highest BCUT2D eigenvalue weighted by molar-refractivity contribution is 5.71. The minimum Gasteiger partial charge on any atom is -0.462 e. The topological polar surface area (TPSA) is 78.9 Å². The largest absolute Gasteiger partial charge is 0.462 e. The van der Waals surface area contributed by atoms with Crippen LogP contribution >= 0.6 is 0 Å². The predicted octanol–water partition coefficient (Wildman–Crippen LogP) is 16.9. The smallest absolute Gasteiger partial charge is 0.306 e. The maximum atomic E-state index is 12.7. The first kappa shape index (κ1) is 57.4. The number of hydrogen-bond acceptors (Lipinski definition) is 6. The normalized spacial score (nSPS) is 12.1. The van der Waals surface area contributed by atoms with Gasteiger partial charge in [-0.15, -0.1) is 0 Å². The second-order valence-corrected chi connectivity index (χ2v) is 19.1. The zero-order valence-electron chi connectivity index (χ0n) is 40.4. The summed E-state index contributed by atoms with van der Waals surface area (Å²) in [6, 6.07) is 0. The van der Waals surface area contributed by atoms with E-state index in [9.17, 15) is 14.4 Å². The Hall–Kier alpha value is -1.59. The van der Waals surface area contributed by atoms with Gasteiger partial charge < -0.3 is 14.2 Å². The second kappa shape index (κ2) is 45.9. The standard InChI is InChI=1S/C53H102O6/c1-6-7-8-9-10-11-12-13-14-17-20-23-28-33-38-43-51(54)57-46-50(59-53(56)45-40-35-30-25-27-32-37-42-49(4)5)47-58-52(55)44-39-34-29-24-21-18-15-16-19-22-26-31-36-41-48(2)3/h48-50H,6-47H2,1-5H3/t50-/m1/s1. The van der Waals surface area contributed by atoms with Crippen molar-refractivity contribution < 1.29 is 28.6 Å². The quantitative estimate of drug-likeness (QED) is 0.0345. The first-order chi connectivity index (χ1) is 28.7. The van der Waals surface area contributed by atoms with Gasteiger partial charge in [-0.25, -0.2) is 0 Å². The van der Waals surface area contributed by atoms with Gasteiger partial charge in [0.25, 0.3) is 0 Å². The molecule has 0 amide bonds. The van der Waals surface area contributed by atoms with E-state index in [2.05, 4.69) is 34.6 Å². The Morgan fingerprint density at radius 3 is 0.831 bits per heavy atom. The Morgan fingerprint density at radius 1 is 0.322 bits per heavy atom. The number of hydrogen-bond donors (Lipinski definition) is 0. The van der Waals surface area contributed by atoms with E-state index < -0.39 is 6.10 Å². The van der Waals surface area contributed by atoms with E-state index in [1.165, 1.54) is 180 Å². The molecule has 1 atom stereocenters. The van der Waals surface area contributed by atoms with Crippen LogP contribution in [0.4, 0.5) is 0 Å². The van der Waals surface area contributed by atoms with Gasteiger partial charge >= 0.3 is 17.9 Å². The molecule has 0 bridgehead atoms. The summed E-state index contributed by atoms with van der Waals surface area (Å²) in [7, 11) is 0. The molecule has 0 fully saturated rings.